The van der Waals surface area contributed by atoms with Gasteiger partial charge in [-0.3, -0.25) is 14.1 Å². The molecule has 0 aromatic carbocycles. The van der Waals surface area contributed by atoms with Crippen LogP contribution < -0.4 is 0 Å². The fourth-order valence-corrected chi connectivity index (χ4v) is 4.67. The lowest BCUT2D eigenvalue weighted by Crippen LogP contribution is -2.29. The number of esters is 2. The Bertz CT molecular complexity index is 787. The van der Waals surface area contributed by atoms with Crippen molar-refractivity contribution in [2.24, 2.45) is 0 Å². The molecule has 0 saturated heterocycles. The summed E-state index contributed by atoms with van der Waals surface area (Å²) in [4.78, 5) is 42.4. The molecule has 244 valence electrons. The zero-order chi connectivity index (χ0) is 31.2. The first-order chi connectivity index (χ1) is 20.3. The fourth-order valence-electron chi connectivity index (χ4n) is 4.31. The van der Waals surface area contributed by atoms with Gasteiger partial charge in [-0.25, -0.2) is 4.57 Å². The number of hydrogen-bond donors (Lipinski definition) is 2. The van der Waals surface area contributed by atoms with Crippen molar-refractivity contribution in [2.45, 2.75) is 148 Å². The molecular weight excluding hydrogens is 555 g/mol. The molecular formula is C33H59O8P. The Morgan fingerprint density at radius 2 is 1.14 bits per heavy atom. The standard InChI is InChI=1S/C33H59O8P/c1-3-5-7-9-11-13-15-16-18-20-22-24-26-28-33(35)41-31(30-40-42(36,37)38)29-39-32(34)27-25-23-21-19-17-14-12-10-8-6-4-2/h5,7,9,11,13,15,31H,3-4,6,8,10,12,14,16-30H2,1-2H3,(H2,36,37,38)/b7-5+,11-9+,15-13+. The van der Waals surface area contributed by atoms with Crippen molar-refractivity contribution in [2.75, 3.05) is 13.2 Å². The molecule has 0 saturated carbocycles. The van der Waals surface area contributed by atoms with Crippen LogP contribution in [0, 0.1) is 0 Å². The van der Waals surface area contributed by atoms with Crippen molar-refractivity contribution in [3.8, 4) is 0 Å². The van der Waals surface area contributed by atoms with Crippen LogP contribution in [0.2, 0.25) is 0 Å². The second-order valence-corrected chi connectivity index (χ2v) is 12.1. The smallest absolute Gasteiger partial charge is 0.462 e. The van der Waals surface area contributed by atoms with E-state index in [1.807, 2.05) is 18.2 Å². The molecule has 0 aliphatic carbocycles. The van der Waals surface area contributed by atoms with Gasteiger partial charge in [0.1, 0.15) is 6.61 Å². The van der Waals surface area contributed by atoms with E-state index in [2.05, 4.69) is 36.6 Å². The normalized spacial score (nSPS) is 13.0. The first-order valence-corrected chi connectivity index (χ1v) is 17.8. The van der Waals surface area contributed by atoms with Gasteiger partial charge >= 0.3 is 19.8 Å². The number of rotatable bonds is 29. The Labute approximate surface area is 255 Å². The molecule has 0 bridgehead atoms. The van der Waals surface area contributed by atoms with Crippen LogP contribution >= 0.6 is 7.82 Å². The van der Waals surface area contributed by atoms with E-state index >= 15 is 0 Å². The molecule has 0 amide bonds. The first kappa shape index (κ1) is 40.3. The highest BCUT2D eigenvalue weighted by Gasteiger charge is 2.22. The van der Waals surface area contributed by atoms with E-state index in [1.54, 1.807) is 0 Å². The average Bonchev–Trinajstić information content (AvgIpc) is 2.95. The van der Waals surface area contributed by atoms with Gasteiger partial charge < -0.3 is 19.3 Å². The van der Waals surface area contributed by atoms with Gasteiger partial charge in [0.2, 0.25) is 0 Å². The minimum absolute atomic E-state index is 0.190. The summed E-state index contributed by atoms with van der Waals surface area (Å²) < 4.78 is 26.1. The minimum atomic E-state index is -4.75. The predicted octanol–water partition coefficient (Wildman–Crippen LogP) is 9.06. The van der Waals surface area contributed by atoms with E-state index in [-0.39, 0.29) is 19.4 Å². The SMILES string of the molecule is CC/C=C/C=C/C=C/CCCCCCCC(=O)OC(COC(=O)CCCCCCCCCCCCC)COP(=O)(O)O. The molecule has 0 spiro atoms. The average molecular weight is 615 g/mol. The Hall–Kier alpha value is -1.73. The Balaban J connectivity index is 4.07. The number of allylic oxidation sites excluding steroid dienone is 6. The molecule has 2 N–H and O–H groups in total. The molecule has 0 aliphatic heterocycles. The molecule has 0 heterocycles. The third-order valence-corrected chi connectivity index (χ3v) is 7.22. The number of hydrogen-bond acceptors (Lipinski definition) is 6. The van der Waals surface area contributed by atoms with Crippen LogP contribution in [0.15, 0.2) is 36.5 Å². The van der Waals surface area contributed by atoms with Crippen molar-refractivity contribution in [3.05, 3.63) is 36.5 Å². The monoisotopic (exact) mass is 614 g/mol. The number of carbonyl (C=O) groups is 2. The van der Waals surface area contributed by atoms with E-state index < -0.39 is 32.5 Å². The summed E-state index contributed by atoms with van der Waals surface area (Å²) in [6.07, 6.45) is 31.6. The summed E-state index contributed by atoms with van der Waals surface area (Å²) in [5.41, 5.74) is 0. The van der Waals surface area contributed by atoms with Crippen molar-refractivity contribution < 1.29 is 37.9 Å². The van der Waals surface area contributed by atoms with Crippen molar-refractivity contribution in [3.63, 3.8) is 0 Å². The number of carbonyl (C=O) groups excluding carboxylic acids is 2. The topological polar surface area (TPSA) is 119 Å². The van der Waals surface area contributed by atoms with Crippen molar-refractivity contribution in [1.82, 2.24) is 0 Å². The van der Waals surface area contributed by atoms with Gasteiger partial charge in [0.15, 0.2) is 6.10 Å². The minimum Gasteiger partial charge on any atom is -0.462 e. The summed E-state index contributed by atoms with van der Waals surface area (Å²) in [7, 11) is -4.75. The highest BCUT2D eigenvalue weighted by Crippen LogP contribution is 2.35. The molecule has 0 rings (SSSR count). The van der Waals surface area contributed by atoms with Crippen LogP contribution in [0.4, 0.5) is 0 Å². The van der Waals surface area contributed by atoms with Crippen LogP contribution in [0.5, 0.6) is 0 Å². The maximum atomic E-state index is 12.3. The number of unbranched alkanes of at least 4 members (excludes halogenated alkanes) is 15. The van der Waals surface area contributed by atoms with Gasteiger partial charge in [0.05, 0.1) is 6.61 Å². The fraction of sp³-hybridized carbons (Fsp3) is 0.758. The first-order valence-electron chi connectivity index (χ1n) is 16.3. The van der Waals surface area contributed by atoms with Crippen molar-refractivity contribution in [1.29, 1.82) is 0 Å². The largest absolute Gasteiger partial charge is 0.469 e. The molecule has 0 fully saturated rings. The summed E-state index contributed by atoms with van der Waals surface area (Å²) in [5.74, 6) is -0.912. The van der Waals surface area contributed by atoms with Gasteiger partial charge in [0, 0.05) is 12.8 Å². The highest BCUT2D eigenvalue weighted by atomic mass is 31.2. The molecule has 1 unspecified atom stereocenters. The molecule has 0 radical (unpaired) electrons. The number of phosphoric ester groups is 1. The van der Waals surface area contributed by atoms with Gasteiger partial charge in [-0.15, -0.1) is 0 Å². The third-order valence-electron chi connectivity index (χ3n) is 6.73. The van der Waals surface area contributed by atoms with Crippen LogP contribution in [-0.4, -0.2) is 41.0 Å². The maximum Gasteiger partial charge on any atom is 0.469 e. The summed E-state index contributed by atoms with van der Waals surface area (Å²) in [5, 5.41) is 0. The predicted molar refractivity (Wildman–Crippen MR) is 170 cm³/mol. The van der Waals surface area contributed by atoms with E-state index in [0.717, 1.165) is 57.8 Å². The van der Waals surface area contributed by atoms with Crippen LogP contribution in [0.1, 0.15) is 142 Å². The van der Waals surface area contributed by atoms with Gasteiger partial charge in [-0.1, -0.05) is 134 Å². The lowest BCUT2D eigenvalue weighted by Gasteiger charge is -2.18. The molecule has 9 heteroatoms. The van der Waals surface area contributed by atoms with Crippen LogP contribution in [0.25, 0.3) is 0 Å². The molecule has 0 aromatic heterocycles. The zero-order valence-corrected chi connectivity index (χ0v) is 27.3. The van der Waals surface area contributed by atoms with E-state index in [1.165, 1.54) is 51.4 Å². The van der Waals surface area contributed by atoms with Gasteiger partial charge in [-0.2, -0.15) is 0 Å². The third kappa shape index (κ3) is 31.2. The maximum absolute atomic E-state index is 12.3. The molecule has 8 nitrogen and oxygen atoms in total. The van der Waals surface area contributed by atoms with E-state index in [9.17, 15) is 14.2 Å². The quantitative estimate of drug-likeness (QED) is 0.0371. The Morgan fingerprint density at radius 3 is 1.69 bits per heavy atom. The van der Waals surface area contributed by atoms with Crippen LogP contribution in [-0.2, 0) is 28.2 Å². The Kier molecular flexibility index (Phi) is 28.1. The molecule has 42 heavy (non-hydrogen) atoms. The van der Waals surface area contributed by atoms with E-state index in [4.69, 9.17) is 19.3 Å². The van der Waals surface area contributed by atoms with Gasteiger partial charge in [-0.05, 0) is 32.1 Å². The summed E-state index contributed by atoms with van der Waals surface area (Å²) in [6.45, 7) is 3.49. The van der Waals surface area contributed by atoms with E-state index in [0.29, 0.717) is 6.42 Å². The summed E-state index contributed by atoms with van der Waals surface area (Å²) >= 11 is 0. The van der Waals surface area contributed by atoms with Gasteiger partial charge in [0.25, 0.3) is 0 Å². The van der Waals surface area contributed by atoms with Crippen LogP contribution in [0.3, 0.4) is 0 Å². The molecule has 0 aromatic rings. The second-order valence-electron chi connectivity index (χ2n) is 10.8. The lowest BCUT2D eigenvalue weighted by atomic mass is 10.1. The lowest BCUT2D eigenvalue weighted by molar-refractivity contribution is -0.161. The molecule has 0 aliphatic rings. The highest BCUT2D eigenvalue weighted by molar-refractivity contribution is 7.46. The Morgan fingerprint density at radius 1 is 0.643 bits per heavy atom. The molecule has 1 atom stereocenters. The van der Waals surface area contributed by atoms with Crippen molar-refractivity contribution >= 4 is 19.8 Å². The zero-order valence-electron chi connectivity index (χ0n) is 26.4. The second kappa shape index (κ2) is 29.3. The number of phosphoric acid groups is 1. The number of ether oxygens (including phenoxy) is 2. The summed E-state index contributed by atoms with van der Waals surface area (Å²) in [6, 6.07) is 0.